The number of anilines is 1. The Morgan fingerprint density at radius 1 is 0.963 bits per heavy atom. The van der Waals surface area contributed by atoms with E-state index in [0.717, 1.165) is 24.3 Å². The summed E-state index contributed by atoms with van der Waals surface area (Å²) in [6, 6.07) is 7.53. The average Bonchev–Trinajstić information content (AvgIpc) is 2.98. The first kappa shape index (κ1) is 20.1. The van der Waals surface area contributed by atoms with Crippen molar-refractivity contribution in [3.8, 4) is 5.75 Å². The van der Waals surface area contributed by atoms with Gasteiger partial charge in [0.2, 0.25) is 5.91 Å². The molecular formula is C22H32N2O2S. The summed E-state index contributed by atoms with van der Waals surface area (Å²) >= 11 is 5.39. The molecule has 0 aromatic heterocycles. The zero-order chi connectivity index (χ0) is 19.1. The summed E-state index contributed by atoms with van der Waals surface area (Å²) in [7, 11) is 1.64. The van der Waals surface area contributed by atoms with Crippen LogP contribution in [0.4, 0.5) is 5.69 Å². The summed E-state index contributed by atoms with van der Waals surface area (Å²) in [6.45, 7) is 0. The number of hydrogen-bond donors (Lipinski definition) is 2. The normalized spacial score (nSPS) is 23.9. The predicted molar refractivity (Wildman–Crippen MR) is 114 cm³/mol. The quantitative estimate of drug-likeness (QED) is 0.544. The molecule has 2 N–H and O–H groups in total. The van der Waals surface area contributed by atoms with Crippen LogP contribution in [0.5, 0.6) is 5.75 Å². The fourth-order valence-electron chi connectivity index (χ4n) is 4.83. The highest BCUT2D eigenvalue weighted by molar-refractivity contribution is 7.80. The topological polar surface area (TPSA) is 50.4 Å². The number of amides is 1. The van der Waals surface area contributed by atoms with Crippen LogP contribution >= 0.6 is 12.2 Å². The van der Waals surface area contributed by atoms with Gasteiger partial charge in [0.1, 0.15) is 5.75 Å². The van der Waals surface area contributed by atoms with Crippen LogP contribution in [0.1, 0.15) is 64.2 Å². The predicted octanol–water partition coefficient (Wildman–Crippen LogP) is 5.29. The molecule has 2 unspecified atom stereocenters. The van der Waals surface area contributed by atoms with Gasteiger partial charge < -0.3 is 15.4 Å². The molecule has 0 spiro atoms. The van der Waals surface area contributed by atoms with E-state index < -0.39 is 0 Å². The summed E-state index contributed by atoms with van der Waals surface area (Å²) < 4.78 is 5.17. The highest BCUT2D eigenvalue weighted by Gasteiger charge is 2.36. The molecule has 1 aromatic rings. The summed E-state index contributed by atoms with van der Waals surface area (Å²) in [6.07, 6.45) is 12.6. The second-order valence-corrected chi connectivity index (χ2v) is 8.39. The number of rotatable bonds is 4. The van der Waals surface area contributed by atoms with Crippen molar-refractivity contribution in [2.45, 2.75) is 64.2 Å². The van der Waals surface area contributed by atoms with Crippen LogP contribution in [0.2, 0.25) is 0 Å². The summed E-state index contributed by atoms with van der Waals surface area (Å²) in [5.41, 5.74) is 0.852. The van der Waals surface area contributed by atoms with Crippen molar-refractivity contribution in [1.82, 2.24) is 5.32 Å². The van der Waals surface area contributed by atoms with Crippen LogP contribution in [0.15, 0.2) is 24.3 Å². The van der Waals surface area contributed by atoms with Crippen LogP contribution in [-0.4, -0.2) is 18.1 Å². The lowest BCUT2D eigenvalue weighted by Gasteiger charge is -2.36. The lowest BCUT2D eigenvalue weighted by atomic mass is 9.70. The first-order chi connectivity index (χ1) is 13.2. The smallest absolute Gasteiger partial charge is 0.229 e. The highest BCUT2D eigenvalue weighted by atomic mass is 32.1. The van der Waals surface area contributed by atoms with E-state index in [4.69, 9.17) is 17.0 Å². The zero-order valence-corrected chi connectivity index (χ0v) is 17.2. The van der Waals surface area contributed by atoms with Gasteiger partial charge in [-0.25, -0.2) is 0 Å². The van der Waals surface area contributed by atoms with Crippen molar-refractivity contribution in [2.24, 2.45) is 17.8 Å². The van der Waals surface area contributed by atoms with Gasteiger partial charge in [0.05, 0.1) is 7.11 Å². The van der Waals surface area contributed by atoms with Crippen molar-refractivity contribution >= 4 is 28.9 Å². The van der Waals surface area contributed by atoms with Gasteiger partial charge in [-0.15, -0.1) is 0 Å². The minimum atomic E-state index is 0.106. The van der Waals surface area contributed by atoms with Gasteiger partial charge >= 0.3 is 0 Å². The van der Waals surface area contributed by atoms with Gasteiger partial charge in [0, 0.05) is 11.6 Å². The Hall–Kier alpha value is -1.62. The molecule has 148 valence electrons. The van der Waals surface area contributed by atoms with E-state index in [1.165, 1.54) is 51.4 Å². The van der Waals surface area contributed by atoms with Crippen molar-refractivity contribution < 1.29 is 9.53 Å². The molecule has 2 aliphatic carbocycles. The number of carbonyl (C=O) groups excluding carboxylic acids is 1. The van der Waals surface area contributed by atoms with E-state index in [0.29, 0.717) is 16.9 Å². The van der Waals surface area contributed by atoms with Gasteiger partial charge in [0.15, 0.2) is 5.11 Å². The molecule has 5 heteroatoms. The fourth-order valence-corrected chi connectivity index (χ4v) is 5.05. The Bertz CT molecular complexity index is 624. The van der Waals surface area contributed by atoms with Crippen molar-refractivity contribution in [2.75, 3.05) is 12.4 Å². The molecule has 27 heavy (non-hydrogen) atoms. The monoisotopic (exact) mass is 388 g/mol. The van der Waals surface area contributed by atoms with E-state index in [2.05, 4.69) is 10.6 Å². The van der Waals surface area contributed by atoms with Crippen molar-refractivity contribution in [3.05, 3.63) is 24.3 Å². The van der Waals surface area contributed by atoms with E-state index in [1.807, 2.05) is 24.3 Å². The Morgan fingerprint density at radius 3 is 2.26 bits per heavy atom. The third kappa shape index (κ3) is 5.68. The van der Waals surface area contributed by atoms with Gasteiger partial charge in [-0.1, -0.05) is 51.4 Å². The minimum absolute atomic E-state index is 0.106. The second kappa shape index (κ2) is 10.1. The average molecular weight is 389 g/mol. The first-order valence-corrected chi connectivity index (χ1v) is 10.8. The summed E-state index contributed by atoms with van der Waals surface area (Å²) in [4.78, 5) is 13.0. The lowest BCUT2D eigenvalue weighted by Crippen LogP contribution is -2.43. The SMILES string of the molecule is COc1ccc(NC(=S)NC(=O)C2CCCCC2C2CCCCCC2)cc1. The maximum Gasteiger partial charge on any atom is 0.229 e. The van der Waals surface area contributed by atoms with Gasteiger partial charge in [-0.2, -0.15) is 0 Å². The number of carbonyl (C=O) groups is 1. The minimum Gasteiger partial charge on any atom is -0.497 e. The number of methoxy groups -OCH3 is 1. The number of thiocarbonyl (C=S) groups is 1. The van der Waals surface area contributed by atoms with E-state index >= 15 is 0 Å². The van der Waals surface area contributed by atoms with E-state index in [-0.39, 0.29) is 11.8 Å². The zero-order valence-electron chi connectivity index (χ0n) is 16.3. The number of hydrogen-bond acceptors (Lipinski definition) is 3. The van der Waals surface area contributed by atoms with Crippen molar-refractivity contribution in [1.29, 1.82) is 0 Å². The van der Waals surface area contributed by atoms with Gasteiger partial charge in [0.25, 0.3) is 0 Å². The maximum atomic E-state index is 13.0. The summed E-state index contributed by atoms with van der Waals surface area (Å²) in [5, 5.41) is 6.46. The van der Waals surface area contributed by atoms with Crippen LogP contribution < -0.4 is 15.4 Å². The Labute approximate surface area is 168 Å². The standard InChI is InChI=1S/C22H32N2O2S/c1-26-18-14-12-17(13-15-18)23-22(27)24-21(25)20-11-7-6-10-19(20)16-8-4-2-3-5-9-16/h12-16,19-20H,2-11H2,1H3,(H2,23,24,25,27). The molecule has 0 radical (unpaired) electrons. The van der Waals surface area contributed by atoms with Gasteiger partial charge in [-0.3, -0.25) is 4.79 Å². The number of nitrogens with one attached hydrogen (secondary N) is 2. The Kier molecular flexibility index (Phi) is 7.50. The Balaban J connectivity index is 1.57. The molecule has 0 bridgehead atoms. The van der Waals surface area contributed by atoms with Crippen LogP contribution in [0.3, 0.4) is 0 Å². The molecule has 2 atom stereocenters. The van der Waals surface area contributed by atoms with Crippen LogP contribution in [-0.2, 0) is 4.79 Å². The van der Waals surface area contributed by atoms with Crippen LogP contribution in [0.25, 0.3) is 0 Å². The fraction of sp³-hybridized carbons (Fsp3) is 0.636. The molecule has 4 nitrogen and oxygen atoms in total. The summed E-state index contributed by atoms with van der Waals surface area (Å²) in [5.74, 6) is 2.25. The molecule has 2 fully saturated rings. The number of ether oxygens (including phenoxy) is 1. The molecule has 2 saturated carbocycles. The molecule has 0 aliphatic heterocycles. The maximum absolute atomic E-state index is 13.0. The van der Waals surface area contributed by atoms with Gasteiger partial charge in [-0.05, 0) is 61.2 Å². The second-order valence-electron chi connectivity index (χ2n) is 7.98. The molecule has 1 aromatic carbocycles. The lowest BCUT2D eigenvalue weighted by molar-refractivity contribution is -0.127. The van der Waals surface area contributed by atoms with E-state index in [1.54, 1.807) is 7.11 Å². The van der Waals surface area contributed by atoms with Crippen molar-refractivity contribution in [3.63, 3.8) is 0 Å². The molecule has 1 amide bonds. The molecule has 0 saturated heterocycles. The molecular weight excluding hydrogens is 356 g/mol. The molecule has 2 aliphatic rings. The molecule has 0 heterocycles. The Morgan fingerprint density at radius 2 is 1.59 bits per heavy atom. The first-order valence-electron chi connectivity index (χ1n) is 10.4. The third-order valence-electron chi connectivity index (χ3n) is 6.25. The van der Waals surface area contributed by atoms with Crippen LogP contribution in [0, 0.1) is 17.8 Å². The van der Waals surface area contributed by atoms with E-state index in [9.17, 15) is 4.79 Å². The third-order valence-corrected chi connectivity index (χ3v) is 6.45. The largest absolute Gasteiger partial charge is 0.497 e. The highest BCUT2D eigenvalue weighted by Crippen LogP contribution is 2.41. The molecule has 3 rings (SSSR count). The number of benzene rings is 1.